The van der Waals surface area contributed by atoms with Crippen LogP contribution in [0.1, 0.15) is 0 Å². The summed E-state index contributed by atoms with van der Waals surface area (Å²) in [6.45, 7) is 0. The second kappa shape index (κ2) is 12.8. The molecule has 0 unspecified atom stereocenters. The molecule has 0 aliphatic carbocycles. The maximum atomic E-state index is 7.20. The molecule has 0 N–H and O–H groups in total. The van der Waals surface area contributed by atoms with E-state index >= 15 is 0 Å². The van der Waals surface area contributed by atoms with E-state index in [1.165, 1.54) is 11.1 Å². The van der Waals surface area contributed by atoms with Crippen LogP contribution in [0, 0.1) is 0 Å². The van der Waals surface area contributed by atoms with E-state index in [1.54, 1.807) is 0 Å². The van der Waals surface area contributed by atoms with Gasteiger partial charge in [-0.15, -0.1) is 0 Å². The third kappa shape index (κ3) is 5.34. The normalized spacial score (nSPS) is 11.4. The number of rotatable bonds is 6. The van der Waals surface area contributed by atoms with Crippen molar-refractivity contribution in [1.29, 1.82) is 0 Å². The van der Waals surface area contributed by atoms with Gasteiger partial charge in [0.1, 0.15) is 5.75 Å². The number of nitrogens with zero attached hydrogens (tertiary/aromatic N) is 1. The monoisotopic (exact) mass is 639 g/mol. The van der Waals surface area contributed by atoms with E-state index in [-0.39, 0.29) is 0 Å². The molecule has 1 aliphatic heterocycles. The van der Waals surface area contributed by atoms with Crippen molar-refractivity contribution in [3.05, 3.63) is 200 Å². The largest absolute Gasteiger partial charge is 0.454 e. The number of fused-ring (bicyclic) bond motifs is 5. The van der Waals surface area contributed by atoms with Crippen LogP contribution in [0.3, 0.4) is 0 Å². The maximum absolute atomic E-state index is 7.20. The zero-order valence-corrected chi connectivity index (χ0v) is 27.4. The Kier molecular flexibility index (Phi) is 7.53. The summed E-state index contributed by atoms with van der Waals surface area (Å²) >= 11 is 0. The Balaban J connectivity index is 1.28. The van der Waals surface area contributed by atoms with Gasteiger partial charge < -0.3 is 9.64 Å². The predicted molar refractivity (Wildman–Crippen MR) is 208 cm³/mol. The first-order valence-electron chi connectivity index (χ1n) is 17.0. The van der Waals surface area contributed by atoms with Gasteiger partial charge in [-0.1, -0.05) is 164 Å². The number of para-hydroxylation sites is 2. The highest BCUT2D eigenvalue weighted by Crippen LogP contribution is 2.54. The molecule has 1 heterocycles. The molecule has 0 radical (unpaired) electrons. The van der Waals surface area contributed by atoms with Crippen molar-refractivity contribution in [2.45, 2.75) is 0 Å². The Morgan fingerprint density at radius 2 is 0.780 bits per heavy atom. The Hall–Kier alpha value is -6.64. The van der Waals surface area contributed by atoms with Crippen LogP contribution >= 0.6 is 0 Å². The lowest BCUT2D eigenvalue weighted by Gasteiger charge is -2.30. The third-order valence-corrected chi connectivity index (χ3v) is 9.51. The second-order valence-corrected chi connectivity index (χ2v) is 12.5. The van der Waals surface area contributed by atoms with Crippen LogP contribution in [0.5, 0.6) is 11.5 Å². The van der Waals surface area contributed by atoms with E-state index in [4.69, 9.17) is 4.74 Å². The fourth-order valence-corrected chi connectivity index (χ4v) is 7.09. The molecule has 236 valence electrons. The Bertz CT molecular complexity index is 2430. The first-order chi connectivity index (χ1) is 24.8. The Labute approximate surface area is 293 Å². The molecule has 0 atom stereocenters. The summed E-state index contributed by atoms with van der Waals surface area (Å²) in [4.78, 5) is 2.35. The molecule has 0 saturated carbocycles. The zero-order valence-electron chi connectivity index (χ0n) is 27.4. The highest BCUT2D eigenvalue weighted by atomic mass is 16.5. The van der Waals surface area contributed by atoms with E-state index in [0.717, 1.165) is 73.1 Å². The number of anilines is 3. The minimum atomic E-state index is 0.818. The standard InChI is InChI=1S/C48H33NO/c1-4-15-34(16-5-1)36-27-30-39(31-28-36)49(45-25-13-12-21-40(45)37-19-8-3-9-20-37)46-26-14-24-44-42-23-11-10-22-41(42)43-32-29-38(33-47(43)50-48(44)46)35-17-6-2-7-18-35/h1-33H. The molecule has 9 rings (SSSR count). The van der Waals surface area contributed by atoms with Crippen molar-refractivity contribution < 1.29 is 4.74 Å². The Morgan fingerprint density at radius 3 is 1.46 bits per heavy atom. The van der Waals surface area contributed by atoms with Gasteiger partial charge in [0.2, 0.25) is 0 Å². The van der Waals surface area contributed by atoms with Gasteiger partial charge in [0.15, 0.2) is 5.75 Å². The number of hydrogen-bond acceptors (Lipinski definition) is 2. The highest BCUT2D eigenvalue weighted by molar-refractivity contribution is 5.97. The van der Waals surface area contributed by atoms with Gasteiger partial charge >= 0.3 is 0 Å². The van der Waals surface area contributed by atoms with Crippen molar-refractivity contribution in [2.75, 3.05) is 4.90 Å². The molecule has 0 bridgehead atoms. The van der Waals surface area contributed by atoms with Gasteiger partial charge in [0.05, 0.1) is 11.4 Å². The van der Waals surface area contributed by atoms with Gasteiger partial charge in [0.25, 0.3) is 0 Å². The quantitative estimate of drug-likeness (QED) is 0.179. The summed E-state index contributed by atoms with van der Waals surface area (Å²) in [7, 11) is 0. The molecule has 0 saturated heterocycles. The van der Waals surface area contributed by atoms with E-state index < -0.39 is 0 Å². The molecule has 8 aromatic rings. The van der Waals surface area contributed by atoms with Crippen molar-refractivity contribution in [2.24, 2.45) is 0 Å². The minimum absolute atomic E-state index is 0.818. The molecular formula is C48H33NO. The summed E-state index contributed by atoms with van der Waals surface area (Å²) in [5.41, 5.74) is 14.4. The van der Waals surface area contributed by atoms with E-state index in [1.807, 2.05) is 0 Å². The lowest BCUT2D eigenvalue weighted by atomic mass is 9.93. The smallest absolute Gasteiger partial charge is 0.159 e. The van der Waals surface area contributed by atoms with Crippen molar-refractivity contribution in [3.63, 3.8) is 0 Å². The maximum Gasteiger partial charge on any atom is 0.159 e. The van der Waals surface area contributed by atoms with Crippen LogP contribution in [0.4, 0.5) is 17.1 Å². The van der Waals surface area contributed by atoms with Gasteiger partial charge in [0, 0.05) is 22.4 Å². The van der Waals surface area contributed by atoms with Crippen LogP contribution in [-0.2, 0) is 0 Å². The summed E-state index contributed by atoms with van der Waals surface area (Å²) in [5, 5.41) is 0. The second-order valence-electron chi connectivity index (χ2n) is 12.5. The number of benzene rings is 8. The van der Waals surface area contributed by atoms with E-state index in [9.17, 15) is 0 Å². The molecule has 0 amide bonds. The summed E-state index contributed by atoms with van der Waals surface area (Å²) in [6, 6.07) is 70.9. The fourth-order valence-electron chi connectivity index (χ4n) is 7.09. The lowest BCUT2D eigenvalue weighted by Crippen LogP contribution is -2.12. The van der Waals surface area contributed by atoms with Gasteiger partial charge in [-0.05, 0) is 75.3 Å². The van der Waals surface area contributed by atoms with Crippen LogP contribution in [0.25, 0.3) is 55.6 Å². The highest BCUT2D eigenvalue weighted by Gasteiger charge is 2.27. The average Bonchev–Trinajstić information content (AvgIpc) is 3.34. The zero-order chi connectivity index (χ0) is 33.3. The van der Waals surface area contributed by atoms with Crippen LogP contribution in [0.15, 0.2) is 200 Å². The van der Waals surface area contributed by atoms with Crippen molar-refractivity contribution in [1.82, 2.24) is 0 Å². The lowest BCUT2D eigenvalue weighted by molar-refractivity contribution is 0.489. The molecule has 0 aromatic heterocycles. The number of ether oxygens (including phenoxy) is 1. The average molecular weight is 640 g/mol. The van der Waals surface area contributed by atoms with E-state index in [0.29, 0.717) is 0 Å². The molecule has 8 aromatic carbocycles. The molecule has 50 heavy (non-hydrogen) atoms. The minimum Gasteiger partial charge on any atom is -0.454 e. The van der Waals surface area contributed by atoms with Crippen molar-refractivity contribution >= 4 is 17.1 Å². The van der Waals surface area contributed by atoms with Gasteiger partial charge in [-0.3, -0.25) is 0 Å². The van der Waals surface area contributed by atoms with E-state index in [2.05, 4.69) is 205 Å². The summed E-state index contributed by atoms with van der Waals surface area (Å²) < 4.78 is 7.20. The molecule has 1 aliphatic rings. The SMILES string of the molecule is c1ccc(-c2ccc(N(c3ccccc3-c3ccccc3)c3cccc4c3Oc3cc(-c5ccccc5)ccc3-c3ccccc3-4)cc2)cc1. The van der Waals surface area contributed by atoms with Crippen LogP contribution < -0.4 is 9.64 Å². The predicted octanol–water partition coefficient (Wildman–Crippen LogP) is 13.6. The third-order valence-electron chi connectivity index (χ3n) is 9.51. The van der Waals surface area contributed by atoms with Gasteiger partial charge in [-0.2, -0.15) is 0 Å². The molecule has 0 spiro atoms. The van der Waals surface area contributed by atoms with Gasteiger partial charge in [-0.25, -0.2) is 0 Å². The first kappa shape index (κ1) is 29.5. The first-order valence-corrected chi connectivity index (χ1v) is 17.0. The topological polar surface area (TPSA) is 12.5 Å². The summed E-state index contributed by atoms with van der Waals surface area (Å²) in [5.74, 6) is 1.65. The van der Waals surface area contributed by atoms with Crippen LogP contribution in [0.2, 0.25) is 0 Å². The molecule has 0 fully saturated rings. The Morgan fingerprint density at radius 1 is 0.300 bits per heavy atom. The molecular weight excluding hydrogens is 607 g/mol. The fraction of sp³-hybridized carbons (Fsp3) is 0. The van der Waals surface area contributed by atoms with Crippen LogP contribution in [-0.4, -0.2) is 0 Å². The molecule has 2 heteroatoms. The summed E-state index contributed by atoms with van der Waals surface area (Å²) in [6.07, 6.45) is 0. The molecule has 2 nitrogen and oxygen atoms in total. The number of hydrogen-bond donors (Lipinski definition) is 0. The van der Waals surface area contributed by atoms with Crippen molar-refractivity contribution in [3.8, 4) is 67.1 Å².